The zero-order valence-electron chi connectivity index (χ0n) is 11.2. The third-order valence-electron chi connectivity index (χ3n) is 3.00. The average Bonchev–Trinajstić information content (AvgIpc) is 2.35. The maximum Gasteiger partial charge on any atom is 0.335 e. The summed E-state index contributed by atoms with van der Waals surface area (Å²) in [5, 5.41) is 8.32. The Kier molecular flexibility index (Phi) is 5.08. The van der Waals surface area contributed by atoms with Crippen LogP contribution in [0.25, 0.3) is 0 Å². The maximum absolute atomic E-state index is 12.4. The molecular formula is C13H18O5S. The fourth-order valence-electron chi connectivity index (χ4n) is 1.70. The van der Waals surface area contributed by atoms with Crippen molar-refractivity contribution in [3.05, 3.63) is 29.3 Å². The van der Waals surface area contributed by atoms with Crippen LogP contribution in [-0.4, -0.2) is 38.5 Å². The molecule has 0 bridgehead atoms. The smallest absolute Gasteiger partial charge is 0.335 e. The van der Waals surface area contributed by atoms with Crippen LogP contribution in [0.1, 0.15) is 29.3 Å². The van der Waals surface area contributed by atoms with Crippen LogP contribution in [0, 0.1) is 6.92 Å². The number of carboxylic acids is 1. The van der Waals surface area contributed by atoms with Crippen LogP contribution in [-0.2, 0) is 14.6 Å². The zero-order valence-corrected chi connectivity index (χ0v) is 12.0. The highest BCUT2D eigenvalue weighted by Crippen LogP contribution is 2.23. The second-order valence-corrected chi connectivity index (χ2v) is 6.76. The molecule has 0 fully saturated rings. The van der Waals surface area contributed by atoms with Gasteiger partial charge in [-0.2, -0.15) is 0 Å². The van der Waals surface area contributed by atoms with Crippen LogP contribution in [0.15, 0.2) is 23.1 Å². The molecule has 1 unspecified atom stereocenters. The molecule has 19 heavy (non-hydrogen) atoms. The van der Waals surface area contributed by atoms with Crippen LogP contribution < -0.4 is 0 Å². The number of methoxy groups -OCH3 is 1. The molecule has 6 heteroatoms. The average molecular weight is 286 g/mol. The monoisotopic (exact) mass is 286 g/mol. The SMILES string of the molecule is COCCC(C)S(=O)(=O)c1cc(C(=O)O)ccc1C. The molecule has 1 atom stereocenters. The molecule has 1 aromatic rings. The van der Waals surface area contributed by atoms with Crippen molar-refractivity contribution >= 4 is 15.8 Å². The van der Waals surface area contributed by atoms with Crippen LogP contribution in [0.3, 0.4) is 0 Å². The molecule has 0 aliphatic heterocycles. The van der Waals surface area contributed by atoms with E-state index in [0.29, 0.717) is 18.6 Å². The maximum atomic E-state index is 12.4. The first-order valence-electron chi connectivity index (χ1n) is 5.87. The molecule has 0 spiro atoms. The van der Waals surface area contributed by atoms with Crippen molar-refractivity contribution in [3.8, 4) is 0 Å². The van der Waals surface area contributed by atoms with Gasteiger partial charge in [0.15, 0.2) is 9.84 Å². The summed E-state index contributed by atoms with van der Waals surface area (Å²) in [5.74, 6) is -1.14. The minimum absolute atomic E-state index is 0.0249. The van der Waals surface area contributed by atoms with E-state index in [2.05, 4.69) is 0 Å². The predicted molar refractivity (Wildman–Crippen MR) is 71.3 cm³/mol. The second kappa shape index (κ2) is 6.16. The first-order valence-corrected chi connectivity index (χ1v) is 7.42. The Balaban J connectivity index is 3.20. The lowest BCUT2D eigenvalue weighted by molar-refractivity contribution is 0.0696. The van der Waals surface area contributed by atoms with Gasteiger partial charge in [0.05, 0.1) is 15.7 Å². The molecule has 1 N–H and O–H groups in total. The largest absolute Gasteiger partial charge is 0.478 e. The van der Waals surface area contributed by atoms with Gasteiger partial charge in [-0.05, 0) is 38.0 Å². The van der Waals surface area contributed by atoms with E-state index in [-0.39, 0.29) is 10.5 Å². The van der Waals surface area contributed by atoms with E-state index in [9.17, 15) is 13.2 Å². The van der Waals surface area contributed by atoms with E-state index in [1.165, 1.54) is 25.3 Å². The summed E-state index contributed by atoms with van der Waals surface area (Å²) in [4.78, 5) is 11.0. The van der Waals surface area contributed by atoms with Gasteiger partial charge >= 0.3 is 5.97 Å². The number of hydrogen-bond acceptors (Lipinski definition) is 4. The molecule has 0 aliphatic rings. The highest BCUT2D eigenvalue weighted by atomic mass is 32.2. The zero-order chi connectivity index (χ0) is 14.6. The summed E-state index contributed by atoms with van der Waals surface area (Å²) in [6.07, 6.45) is 0.371. The van der Waals surface area contributed by atoms with E-state index in [1.54, 1.807) is 13.8 Å². The third-order valence-corrected chi connectivity index (χ3v) is 5.35. The lowest BCUT2D eigenvalue weighted by Crippen LogP contribution is -2.21. The number of sulfone groups is 1. The Morgan fingerprint density at radius 1 is 1.42 bits per heavy atom. The van der Waals surface area contributed by atoms with Crippen molar-refractivity contribution < 1.29 is 23.1 Å². The van der Waals surface area contributed by atoms with Gasteiger partial charge in [-0.3, -0.25) is 0 Å². The molecule has 0 radical (unpaired) electrons. The van der Waals surface area contributed by atoms with Crippen molar-refractivity contribution in [1.29, 1.82) is 0 Å². The van der Waals surface area contributed by atoms with Crippen molar-refractivity contribution in [3.63, 3.8) is 0 Å². The lowest BCUT2D eigenvalue weighted by atomic mass is 10.1. The van der Waals surface area contributed by atoms with E-state index in [4.69, 9.17) is 9.84 Å². The Morgan fingerprint density at radius 2 is 2.05 bits per heavy atom. The van der Waals surface area contributed by atoms with Crippen molar-refractivity contribution in [1.82, 2.24) is 0 Å². The van der Waals surface area contributed by atoms with Gasteiger partial charge in [-0.1, -0.05) is 6.07 Å². The van der Waals surface area contributed by atoms with E-state index >= 15 is 0 Å². The van der Waals surface area contributed by atoms with Crippen LogP contribution in [0.4, 0.5) is 0 Å². The number of ether oxygens (including phenoxy) is 1. The summed E-state index contributed by atoms with van der Waals surface area (Å²) in [6, 6.07) is 4.13. The van der Waals surface area contributed by atoms with Crippen LogP contribution in [0.5, 0.6) is 0 Å². The quantitative estimate of drug-likeness (QED) is 0.863. The fourth-order valence-corrected chi connectivity index (χ4v) is 3.34. The van der Waals surface area contributed by atoms with Crippen molar-refractivity contribution in [2.24, 2.45) is 0 Å². The minimum atomic E-state index is -3.54. The second-order valence-electron chi connectivity index (χ2n) is 4.42. The third kappa shape index (κ3) is 3.54. The number of rotatable bonds is 6. The highest BCUT2D eigenvalue weighted by molar-refractivity contribution is 7.92. The standard InChI is InChI=1S/C13H18O5S/c1-9-4-5-11(13(14)15)8-12(9)19(16,17)10(2)6-7-18-3/h4-5,8,10H,6-7H2,1-3H3,(H,14,15). The van der Waals surface area contributed by atoms with Crippen LogP contribution >= 0.6 is 0 Å². The lowest BCUT2D eigenvalue weighted by Gasteiger charge is -2.15. The van der Waals surface area contributed by atoms with Gasteiger partial charge in [0.1, 0.15) is 0 Å². The molecule has 106 valence electrons. The summed E-state index contributed by atoms with van der Waals surface area (Å²) >= 11 is 0. The number of carboxylic acid groups (broad SMARTS) is 1. The van der Waals surface area contributed by atoms with Crippen molar-refractivity contribution in [2.75, 3.05) is 13.7 Å². The molecule has 1 rings (SSSR count). The molecule has 0 saturated carbocycles. The van der Waals surface area contributed by atoms with Crippen molar-refractivity contribution in [2.45, 2.75) is 30.4 Å². The molecule has 5 nitrogen and oxygen atoms in total. The Labute approximate surface area is 113 Å². The Hall–Kier alpha value is -1.40. The molecule has 1 aromatic carbocycles. The number of aromatic carboxylic acids is 1. The normalized spacial score (nSPS) is 13.2. The Morgan fingerprint density at radius 3 is 2.58 bits per heavy atom. The van der Waals surface area contributed by atoms with Gasteiger partial charge in [0, 0.05) is 13.7 Å². The summed E-state index contributed by atoms with van der Waals surface area (Å²) in [5.41, 5.74) is 0.525. The number of benzene rings is 1. The predicted octanol–water partition coefficient (Wildman–Crippen LogP) is 1.89. The number of hydrogen-bond donors (Lipinski definition) is 1. The molecule has 0 aliphatic carbocycles. The van der Waals surface area contributed by atoms with E-state index in [0.717, 1.165) is 0 Å². The van der Waals surface area contributed by atoms with Crippen LogP contribution in [0.2, 0.25) is 0 Å². The molecular weight excluding hydrogens is 268 g/mol. The highest BCUT2D eigenvalue weighted by Gasteiger charge is 2.25. The number of aryl methyl sites for hydroxylation is 1. The fraction of sp³-hybridized carbons (Fsp3) is 0.462. The number of carbonyl (C=O) groups is 1. The van der Waals surface area contributed by atoms with Gasteiger partial charge in [-0.15, -0.1) is 0 Å². The summed E-state index contributed by atoms with van der Waals surface area (Å²) in [6.45, 7) is 3.60. The first-order chi connectivity index (χ1) is 8.80. The molecule has 0 aromatic heterocycles. The minimum Gasteiger partial charge on any atom is -0.478 e. The Bertz CT molecular complexity index is 562. The first kappa shape index (κ1) is 15.7. The molecule has 0 amide bonds. The molecule has 0 saturated heterocycles. The van der Waals surface area contributed by atoms with Gasteiger partial charge in [0.2, 0.25) is 0 Å². The summed E-state index contributed by atoms with van der Waals surface area (Å²) < 4.78 is 29.6. The molecule has 0 heterocycles. The topological polar surface area (TPSA) is 80.7 Å². The summed E-state index contributed by atoms with van der Waals surface area (Å²) in [7, 11) is -2.03. The van der Waals surface area contributed by atoms with Gasteiger partial charge < -0.3 is 9.84 Å². The van der Waals surface area contributed by atoms with E-state index in [1.807, 2.05) is 0 Å². The van der Waals surface area contributed by atoms with Gasteiger partial charge in [-0.25, -0.2) is 13.2 Å². The van der Waals surface area contributed by atoms with E-state index < -0.39 is 21.1 Å². The van der Waals surface area contributed by atoms with Gasteiger partial charge in [0.25, 0.3) is 0 Å².